The van der Waals surface area contributed by atoms with Gasteiger partial charge in [0.1, 0.15) is 0 Å². The molecule has 1 aromatic rings. The molecule has 80 valence electrons. The Hall–Kier alpha value is -1.04. The third-order valence-corrected chi connectivity index (χ3v) is 1.44. The summed E-state index contributed by atoms with van der Waals surface area (Å²) < 4.78 is 28.8. The molecular weight excluding hydrogens is 192 g/mol. The molecule has 14 heavy (non-hydrogen) atoms. The van der Waals surface area contributed by atoms with Crippen molar-refractivity contribution in [1.29, 1.82) is 0 Å². The maximum atomic E-state index is 12.0. The van der Waals surface area contributed by atoms with Crippen LogP contribution in [0.25, 0.3) is 0 Å². The highest BCUT2D eigenvalue weighted by Gasteiger charge is 2.17. The number of hydrogen-bond donors (Lipinski definition) is 1. The normalized spacial score (nSPS) is 12.4. The van der Waals surface area contributed by atoms with Gasteiger partial charge in [0, 0.05) is 5.54 Å². The van der Waals surface area contributed by atoms with Crippen molar-refractivity contribution in [2.24, 2.45) is 0 Å². The Bertz CT molecular complexity index is 293. The topological polar surface area (TPSA) is 51.0 Å². The molecule has 0 aliphatic carbocycles. The Morgan fingerprint density at radius 1 is 1.36 bits per heavy atom. The molecule has 0 atom stereocenters. The van der Waals surface area contributed by atoms with Gasteiger partial charge in [-0.05, 0) is 20.8 Å². The van der Waals surface area contributed by atoms with Gasteiger partial charge in [0.2, 0.25) is 5.89 Å². The maximum Gasteiger partial charge on any atom is 0.314 e. The van der Waals surface area contributed by atoms with E-state index in [0.29, 0.717) is 6.54 Å². The van der Waals surface area contributed by atoms with E-state index in [1.165, 1.54) is 0 Å². The SMILES string of the molecule is CC(C)(C)NCc1nnc(C(F)F)o1. The molecule has 1 N–H and O–H groups in total. The van der Waals surface area contributed by atoms with E-state index >= 15 is 0 Å². The van der Waals surface area contributed by atoms with Crippen LogP contribution >= 0.6 is 0 Å². The molecule has 4 nitrogen and oxygen atoms in total. The van der Waals surface area contributed by atoms with Crippen LogP contribution in [-0.2, 0) is 6.54 Å². The summed E-state index contributed by atoms with van der Waals surface area (Å²) in [5, 5.41) is 9.74. The second-order valence-electron chi connectivity index (χ2n) is 3.94. The van der Waals surface area contributed by atoms with E-state index in [-0.39, 0.29) is 11.4 Å². The van der Waals surface area contributed by atoms with E-state index in [9.17, 15) is 8.78 Å². The van der Waals surface area contributed by atoms with Crippen LogP contribution in [0.5, 0.6) is 0 Å². The van der Waals surface area contributed by atoms with E-state index in [0.717, 1.165) is 0 Å². The lowest BCUT2D eigenvalue weighted by molar-refractivity contribution is 0.113. The van der Waals surface area contributed by atoms with E-state index in [2.05, 4.69) is 15.5 Å². The summed E-state index contributed by atoms with van der Waals surface area (Å²) in [6.45, 7) is 6.16. The molecule has 1 heterocycles. The minimum Gasteiger partial charge on any atom is -0.418 e. The molecule has 0 bridgehead atoms. The molecular formula is C8H13F2N3O. The van der Waals surface area contributed by atoms with Crippen LogP contribution in [0.2, 0.25) is 0 Å². The van der Waals surface area contributed by atoms with E-state index in [4.69, 9.17) is 4.42 Å². The van der Waals surface area contributed by atoms with Crippen molar-refractivity contribution in [2.45, 2.75) is 39.3 Å². The zero-order valence-electron chi connectivity index (χ0n) is 8.34. The summed E-state index contributed by atoms with van der Waals surface area (Å²) in [7, 11) is 0. The molecule has 6 heteroatoms. The fraction of sp³-hybridized carbons (Fsp3) is 0.750. The lowest BCUT2D eigenvalue weighted by Gasteiger charge is -2.18. The predicted octanol–water partition coefficient (Wildman–Crippen LogP) is 1.90. The Morgan fingerprint density at radius 2 is 2.00 bits per heavy atom. The number of hydrogen-bond acceptors (Lipinski definition) is 4. The summed E-state index contributed by atoms with van der Waals surface area (Å²) in [5.74, 6) is -0.453. The minimum absolute atomic E-state index is 0.112. The van der Waals surface area contributed by atoms with Crippen LogP contribution < -0.4 is 5.32 Å². The van der Waals surface area contributed by atoms with Crippen molar-refractivity contribution in [3.05, 3.63) is 11.8 Å². The number of rotatable bonds is 3. The molecule has 0 aliphatic heterocycles. The van der Waals surface area contributed by atoms with Crippen LogP contribution in [0.4, 0.5) is 8.78 Å². The van der Waals surface area contributed by atoms with Crippen molar-refractivity contribution in [1.82, 2.24) is 15.5 Å². The highest BCUT2D eigenvalue weighted by atomic mass is 19.3. The highest BCUT2D eigenvalue weighted by molar-refractivity contribution is 4.84. The van der Waals surface area contributed by atoms with Crippen molar-refractivity contribution < 1.29 is 13.2 Å². The summed E-state index contributed by atoms with van der Waals surface area (Å²) >= 11 is 0. The molecule has 0 aromatic carbocycles. The van der Waals surface area contributed by atoms with Gasteiger partial charge in [0.05, 0.1) is 6.54 Å². The van der Waals surface area contributed by atoms with Crippen LogP contribution in [0.3, 0.4) is 0 Å². The number of nitrogens with zero attached hydrogens (tertiary/aromatic N) is 2. The summed E-state index contributed by atoms with van der Waals surface area (Å²) in [5.41, 5.74) is -0.112. The average Bonchev–Trinajstić information content (AvgIpc) is 2.47. The largest absolute Gasteiger partial charge is 0.418 e. The first-order chi connectivity index (χ1) is 6.38. The Morgan fingerprint density at radius 3 is 2.43 bits per heavy atom. The van der Waals surface area contributed by atoms with Crippen LogP contribution in [-0.4, -0.2) is 15.7 Å². The standard InChI is InChI=1S/C8H13F2N3O/c1-8(2,3)11-4-5-12-13-7(14-5)6(9)10/h6,11H,4H2,1-3H3. The van der Waals surface area contributed by atoms with Gasteiger partial charge in [0.15, 0.2) is 0 Å². The zero-order chi connectivity index (χ0) is 10.8. The first kappa shape index (κ1) is 11.0. The lowest BCUT2D eigenvalue weighted by atomic mass is 10.1. The summed E-state index contributed by atoms with van der Waals surface area (Å²) in [6, 6.07) is 0. The quantitative estimate of drug-likeness (QED) is 0.818. The first-order valence-corrected chi connectivity index (χ1v) is 4.24. The molecule has 0 radical (unpaired) electrons. The van der Waals surface area contributed by atoms with Gasteiger partial charge < -0.3 is 9.73 Å². The van der Waals surface area contributed by atoms with Gasteiger partial charge in [-0.2, -0.15) is 8.78 Å². The van der Waals surface area contributed by atoms with Gasteiger partial charge in [-0.25, -0.2) is 0 Å². The van der Waals surface area contributed by atoms with Crippen molar-refractivity contribution in [3.63, 3.8) is 0 Å². The Kier molecular flexibility index (Phi) is 3.15. The van der Waals surface area contributed by atoms with Crippen molar-refractivity contribution >= 4 is 0 Å². The van der Waals surface area contributed by atoms with Crippen LogP contribution in [0, 0.1) is 0 Å². The van der Waals surface area contributed by atoms with Crippen molar-refractivity contribution in [3.8, 4) is 0 Å². The zero-order valence-corrected chi connectivity index (χ0v) is 8.34. The second kappa shape index (κ2) is 4.00. The molecule has 1 aromatic heterocycles. The lowest BCUT2D eigenvalue weighted by Crippen LogP contribution is -2.35. The third-order valence-electron chi connectivity index (χ3n) is 1.44. The summed E-state index contributed by atoms with van der Waals surface area (Å²) in [4.78, 5) is 0. The van der Waals surface area contributed by atoms with Crippen LogP contribution in [0.1, 0.15) is 39.0 Å². The predicted molar refractivity (Wildman–Crippen MR) is 45.8 cm³/mol. The molecule has 0 unspecified atom stereocenters. The Balaban J connectivity index is 2.52. The number of nitrogens with one attached hydrogen (secondary N) is 1. The van der Waals surface area contributed by atoms with Crippen LogP contribution in [0.15, 0.2) is 4.42 Å². The minimum atomic E-state index is -2.70. The summed E-state index contributed by atoms with van der Waals surface area (Å²) in [6.07, 6.45) is -2.70. The van der Waals surface area contributed by atoms with Gasteiger partial charge in [0.25, 0.3) is 5.89 Å². The molecule has 0 saturated heterocycles. The first-order valence-electron chi connectivity index (χ1n) is 4.24. The highest BCUT2D eigenvalue weighted by Crippen LogP contribution is 2.16. The van der Waals surface area contributed by atoms with E-state index < -0.39 is 12.3 Å². The van der Waals surface area contributed by atoms with Crippen molar-refractivity contribution in [2.75, 3.05) is 0 Å². The number of aromatic nitrogens is 2. The maximum absolute atomic E-state index is 12.0. The third kappa shape index (κ3) is 3.37. The average molecular weight is 205 g/mol. The molecule has 1 rings (SSSR count). The van der Waals surface area contributed by atoms with E-state index in [1.54, 1.807) is 0 Å². The van der Waals surface area contributed by atoms with Gasteiger partial charge in [-0.15, -0.1) is 10.2 Å². The molecule has 0 spiro atoms. The van der Waals surface area contributed by atoms with Gasteiger partial charge >= 0.3 is 6.43 Å². The van der Waals surface area contributed by atoms with E-state index in [1.807, 2.05) is 20.8 Å². The fourth-order valence-corrected chi connectivity index (χ4v) is 0.767. The van der Waals surface area contributed by atoms with Gasteiger partial charge in [-0.1, -0.05) is 0 Å². The fourth-order valence-electron chi connectivity index (χ4n) is 0.767. The van der Waals surface area contributed by atoms with Gasteiger partial charge in [-0.3, -0.25) is 0 Å². The number of halogens is 2. The second-order valence-corrected chi connectivity index (χ2v) is 3.94. The molecule has 0 saturated carbocycles. The molecule has 0 fully saturated rings. The monoisotopic (exact) mass is 205 g/mol. The molecule has 0 amide bonds. The number of alkyl halides is 2. The molecule has 0 aliphatic rings. The smallest absolute Gasteiger partial charge is 0.314 e. The Labute approximate surface area is 80.7 Å².